The van der Waals surface area contributed by atoms with Crippen LogP contribution in [0.5, 0.6) is 0 Å². The molecule has 0 atom stereocenters. The topological polar surface area (TPSA) is 52.7 Å². The van der Waals surface area contributed by atoms with Crippen LogP contribution < -0.4 is 10.2 Å². The monoisotopic (exact) mass is 403 g/mol. The summed E-state index contributed by atoms with van der Waals surface area (Å²) in [5.41, 5.74) is 1.67. The molecule has 0 saturated carbocycles. The highest BCUT2D eigenvalue weighted by Gasteiger charge is 2.25. The zero-order valence-electron chi connectivity index (χ0n) is 15.7. The van der Waals surface area contributed by atoms with Gasteiger partial charge in [0.1, 0.15) is 5.82 Å². The fraction of sp³-hybridized carbons (Fsp3) is 0.333. The third-order valence-electron chi connectivity index (χ3n) is 4.96. The molecule has 2 aromatic carbocycles. The Morgan fingerprint density at radius 3 is 2.32 bits per heavy atom. The standard InChI is InChI=1S/C21H23ClFN3O2/c1-25(19-8-6-17(23)7-9-19)21(28)20(27)24-18-10-12-26(13-11-18)14-15-2-4-16(22)5-3-15/h2-9,18H,10-14H2,1H3,(H,24,27). The molecule has 1 heterocycles. The quantitative estimate of drug-likeness (QED) is 0.797. The first-order chi connectivity index (χ1) is 13.4. The number of hydrogen-bond acceptors (Lipinski definition) is 3. The summed E-state index contributed by atoms with van der Waals surface area (Å²) < 4.78 is 13.0. The van der Waals surface area contributed by atoms with E-state index in [4.69, 9.17) is 11.6 Å². The maximum atomic E-state index is 13.0. The highest BCUT2D eigenvalue weighted by atomic mass is 35.5. The number of carbonyl (C=O) groups is 2. The largest absolute Gasteiger partial charge is 0.345 e. The molecule has 0 bridgehead atoms. The average Bonchev–Trinajstić information content (AvgIpc) is 2.70. The second-order valence-electron chi connectivity index (χ2n) is 6.99. The molecule has 148 valence electrons. The number of rotatable bonds is 4. The molecule has 7 heteroatoms. The van der Waals surface area contributed by atoms with Crippen molar-refractivity contribution < 1.29 is 14.0 Å². The molecule has 2 aromatic rings. The summed E-state index contributed by atoms with van der Waals surface area (Å²) in [4.78, 5) is 28.2. The van der Waals surface area contributed by atoms with E-state index in [0.717, 1.165) is 37.5 Å². The maximum Gasteiger partial charge on any atom is 0.316 e. The number of likely N-dealkylation sites (tertiary alicyclic amines) is 1. The number of halogens is 2. The fourth-order valence-electron chi connectivity index (χ4n) is 3.26. The van der Waals surface area contributed by atoms with Crippen molar-refractivity contribution in [2.45, 2.75) is 25.4 Å². The van der Waals surface area contributed by atoms with Crippen molar-refractivity contribution in [3.63, 3.8) is 0 Å². The SMILES string of the molecule is CN(C(=O)C(=O)NC1CCN(Cc2ccc(Cl)cc2)CC1)c1ccc(F)cc1. The average molecular weight is 404 g/mol. The van der Waals surface area contributed by atoms with Crippen LogP contribution in [0.15, 0.2) is 48.5 Å². The second-order valence-corrected chi connectivity index (χ2v) is 7.43. The zero-order valence-corrected chi connectivity index (χ0v) is 16.5. The van der Waals surface area contributed by atoms with Crippen LogP contribution in [0.1, 0.15) is 18.4 Å². The molecular weight excluding hydrogens is 381 g/mol. The number of nitrogens with zero attached hydrogens (tertiary/aromatic N) is 2. The van der Waals surface area contributed by atoms with Gasteiger partial charge in [-0.2, -0.15) is 0 Å². The van der Waals surface area contributed by atoms with E-state index in [1.165, 1.54) is 41.8 Å². The van der Waals surface area contributed by atoms with Gasteiger partial charge in [0.05, 0.1) is 0 Å². The van der Waals surface area contributed by atoms with Gasteiger partial charge >= 0.3 is 11.8 Å². The van der Waals surface area contributed by atoms with Crippen LogP contribution in [0, 0.1) is 5.82 Å². The third kappa shape index (κ3) is 5.30. The Morgan fingerprint density at radius 1 is 1.11 bits per heavy atom. The van der Waals surface area contributed by atoms with Gasteiger partial charge in [0.15, 0.2) is 0 Å². The summed E-state index contributed by atoms with van der Waals surface area (Å²) in [5, 5.41) is 3.55. The van der Waals surface area contributed by atoms with Gasteiger partial charge in [-0.15, -0.1) is 0 Å². The lowest BCUT2D eigenvalue weighted by atomic mass is 10.0. The molecule has 0 aromatic heterocycles. The number of nitrogens with one attached hydrogen (secondary N) is 1. The van der Waals surface area contributed by atoms with Crippen LogP contribution in [-0.2, 0) is 16.1 Å². The van der Waals surface area contributed by atoms with E-state index in [1.54, 1.807) is 0 Å². The first kappa shape index (κ1) is 20.3. The van der Waals surface area contributed by atoms with E-state index in [9.17, 15) is 14.0 Å². The first-order valence-electron chi connectivity index (χ1n) is 9.23. The Labute approximate surface area is 169 Å². The molecule has 2 amide bonds. The number of amides is 2. The van der Waals surface area contributed by atoms with Crippen LogP contribution in [-0.4, -0.2) is 42.9 Å². The smallest absolute Gasteiger partial charge is 0.316 e. The van der Waals surface area contributed by atoms with Crippen LogP contribution in [0.25, 0.3) is 0 Å². The molecule has 5 nitrogen and oxygen atoms in total. The Bertz CT molecular complexity index is 819. The molecule has 1 aliphatic heterocycles. The van der Waals surface area contributed by atoms with E-state index in [1.807, 2.05) is 24.3 Å². The van der Waals surface area contributed by atoms with Gasteiger partial charge in [0.2, 0.25) is 0 Å². The summed E-state index contributed by atoms with van der Waals surface area (Å²) >= 11 is 5.91. The fourth-order valence-corrected chi connectivity index (χ4v) is 3.39. The lowest BCUT2D eigenvalue weighted by Crippen LogP contribution is -2.49. The Morgan fingerprint density at radius 2 is 1.71 bits per heavy atom. The molecule has 1 N–H and O–H groups in total. The van der Waals surface area contributed by atoms with Crippen LogP contribution in [0.4, 0.5) is 10.1 Å². The third-order valence-corrected chi connectivity index (χ3v) is 5.21. The predicted octanol–water partition coefficient (Wildman–Crippen LogP) is 3.22. The zero-order chi connectivity index (χ0) is 20.1. The Hall–Kier alpha value is -2.44. The molecule has 0 spiro atoms. The summed E-state index contributed by atoms with van der Waals surface area (Å²) in [6.07, 6.45) is 1.57. The number of anilines is 1. The minimum absolute atomic E-state index is 0.0282. The van der Waals surface area contributed by atoms with Crippen molar-refractivity contribution in [1.29, 1.82) is 0 Å². The highest BCUT2D eigenvalue weighted by Crippen LogP contribution is 2.17. The Kier molecular flexibility index (Phi) is 6.65. The lowest BCUT2D eigenvalue weighted by molar-refractivity contribution is -0.138. The van der Waals surface area contributed by atoms with Crippen molar-refractivity contribution >= 4 is 29.1 Å². The molecule has 0 aliphatic carbocycles. The molecule has 1 saturated heterocycles. The molecule has 0 radical (unpaired) electrons. The number of carbonyl (C=O) groups excluding carboxylic acids is 2. The van der Waals surface area contributed by atoms with Gasteiger partial charge in [-0.05, 0) is 54.8 Å². The van der Waals surface area contributed by atoms with Crippen LogP contribution >= 0.6 is 11.6 Å². The molecule has 0 unspecified atom stereocenters. The number of likely N-dealkylation sites (N-methyl/N-ethyl adjacent to an activating group) is 1. The van der Waals surface area contributed by atoms with Gasteiger partial charge in [-0.3, -0.25) is 14.5 Å². The van der Waals surface area contributed by atoms with Crippen LogP contribution in [0.2, 0.25) is 5.02 Å². The number of piperidine rings is 1. The minimum atomic E-state index is -0.657. The molecule has 28 heavy (non-hydrogen) atoms. The van der Waals surface area contributed by atoms with Gasteiger partial charge < -0.3 is 10.2 Å². The Balaban J connectivity index is 1.47. The van der Waals surface area contributed by atoms with Gasteiger partial charge in [-0.1, -0.05) is 23.7 Å². The summed E-state index contributed by atoms with van der Waals surface area (Å²) in [6, 6.07) is 13.2. The second kappa shape index (κ2) is 9.17. The van der Waals surface area contributed by atoms with E-state index >= 15 is 0 Å². The van der Waals surface area contributed by atoms with E-state index in [-0.39, 0.29) is 11.9 Å². The van der Waals surface area contributed by atoms with Crippen molar-refractivity contribution in [3.05, 3.63) is 64.9 Å². The van der Waals surface area contributed by atoms with Crippen molar-refractivity contribution in [3.8, 4) is 0 Å². The van der Waals surface area contributed by atoms with Crippen molar-refractivity contribution in [2.75, 3.05) is 25.0 Å². The molecule has 3 rings (SSSR count). The van der Waals surface area contributed by atoms with Crippen molar-refractivity contribution in [1.82, 2.24) is 10.2 Å². The maximum absolute atomic E-state index is 13.0. The summed E-state index contributed by atoms with van der Waals surface area (Å²) in [7, 11) is 1.50. The number of benzene rings is 2. The molecular formula is C21H23ClFN3O2. The summed E-state index contributed by atoms with van der Waals surface area (Å²) in [5.74, 6) is -1.68. The van der Waals surface area contributed by atoms with Gasteiger partial charge in [0, 0.05) is 43.4 Å². The highest BCUT2D eigenvalue weighted by molar-refractivity contribution is 6.40. The van der Waals surface area contributed by atoms with Gasteiger partial charge in [-0.25, -0.2) is 4.39 Å². The van der Waals surface area contributed by atoms with Crippen molar-refractivity contribution in [2.24, 2.45) is 0 Å². The normalized spacial score (nSPS) is 15.2. The van der Waals surface area contributed by atoms with E-state index in [2.05, 4.69) is 10.2 Å². The van der Waals surface area contributed by atoms with E-state index < -0.39 is 11.8 Å². The first-order valence-corrected chi connectivity index (χ1v) is 9.61. The summed E-state index contributed by atoms with van der Waals surface area (Å²) in [6.45, 7) is 2.52. The van der Waals surface area contributed by atoms with E-state index in [0.29, 0.717) is 5.69 Å². The number of hydrogen-bond donors (Lipinski definition) is 1. The molecule has 1 fully saturated rings. The molecule has 1 aliphatic rings. The van der Waals surface area contributed by atoms with Crippen LogP contribution in [0.3, 0.4) is 0 Å². The lowest BCUT2D eigenvalue weighted by Gasteiger charge is -2.32. The predicted molar refractivity (Wildman–Crippen MR) is 108 cm³/mol. The van der Waals surface area contributed by atoms with Gasteiger partial charge in [0.25, 0.3) is 0 Å². The minimum Gasteiger partial charge on any atom is -0.345 e.